The Morgan fingerprint density at radius 1 is 0.960 bits per heavy atom. The topological polar surface area (TPSA) is 66.5 Å². The molecule has 9 heteroatoms. The van der Waals surface area contributed by atoms with Crippen LogP contribution in [0.25, 0.3) is 0 Å². The van der Waals surface area contributed by atoms with E-state index in [-0.39, 0.29) is 16.5 Å². The standard InChI is InChI=1S/C16H15F3N2O3S/c1-21(2)15(22)11-3-7-13(8-4-11)20-25(23,24)14-9-5-12(6-10-14)16(17,18)19/h3-10,20H,1-2H3. The van der Waals surface area contributed by atoms with Crippen LogP contribution in [0.15, 0.2) is 53.4 Å². The van der Waals surface area contributed by atoms with Gasteiger partial charge in [-0.25, -0.2) is 8.42 Å². The van der Waals surface area contributed by atoms with E-state index in [1.165, 1.54) is 29.2 Å². The first-order valence-corrected chi connectivity index (χ1v) is 8.51. The molecule has 0 radical (unpaired) electrons. The van der Waals surface area contributed by atoms with Crippen LogP contribution in [0, 0.1) is 0 Å². The highest BCUT2D eigenvalue weighted by Gasteiger charge is 2.30. The molecule has 5 nitrogen and oxygen atoms in total. The molecule has 0 aromatic heterocycles. The average molecular weight is 372 g/mol. The van der Waals surface area contributed by atoms with Crippen molar-refractivity contribution in [3.05, 3.63) is 59.7 Å². The Morgan fingerprint density at radius 3 is 1.92 bits per heavy atom. The maximum atomic E-state index is 12.5. The molecule has 0 saturated heterocycles. The molecule has 0 aliphatic heterocycles. The molecule has 0 aliphatic carbocycles. The van der Waals surface area contributed by atoms with Crippen molar-refractivity contribution in [1.82, 2.24) is 4.90 Å². The van der Waals surface area contributed by atoms with Crippen LogP contribution in [-0.2, 0) is 16.2 Å². The number of carbonyl (C=O) groups excluding carboxylic acids is 1. The van der Waals surface area contributed by atoms with Crippen LogP contribution >= 0.6 is 0 Å². The van der Waals surface area contributed by atoms with E-state index in [0.717, 1.165) is 12.1 Å². The highest BCUT2D eigenvalue weighted by molar-refractivity contribution is 7.92. The zero-order valence-electron chi connectivity index (χ0n) is 13.3. The summed E-state index contributed by atoms with van der Waals surface area (Å²) in [7, 11) is -0.864. The number of nitrogens with zero attached hydrogens (tertiary/aromatic N) is 1. The highest BCUT2D eigenvalue weighted by Crippen LogP contribution is 2.30. The quantitative estimate of drug-likeness (QED) is 0.896. The van der Waals surface area contributed by atoms with Crippen LogP contribution in [0.4, 0.5) is 18.9 Å². The number of halogens is 3. The Kier molecular flexibility index (Phi) is 5.07. The van der Waals surface area contributed by atoms with Crippen LogP contribution < -0.4 is 4.72 Å². The molecule has 0 unspecified atom stereocenters. The number of benzene rings is 2. The van der Waals surface area contributed by atoms with Gasteiger partial charge in [-0.3, -0.25) is 9.52 Å². The van der Waals surface area contributed by atoms with Gasteiger partial charge in [0.05, 0.1) is 10.5 Å². The molecule has 0 heterocycles. The molecule has 0 atom stereocenters. The normalized spacial score (nSPS) is 11.9. The lowest BCUT2D eigenvalue weighted by molar-refractivity contribution is -0.137. The third-order valence-electron chi connectivity index (χ3n) is 3.28. The summed E-state index contributed by atoms with van der Waals surface area (Å²) in [6.07, 6.45) is -4.54. The monoisotopic (exact) mass is 372 g/mol. The second-order valence-corrected chi connectivity index (χ2v) is 7.09. The number of rotatable bonds is 4. The van der Waals surface area contributed by atoms with E-state index in [9.17, 15) is 26.4 Å². The molecule has 0 spiro atoms. The average Bonchev–Trinajstić information content (AvgIpc) is 2.54. The third kappa shape index (κ3) is 4.50. The fourth-order valence-electron chi connectivity index (χ4n) is 1.98. The summed E-state index contributed by atoms with van der Waals surface area (Å²) in [5.41, 5.74) is -0.365. The molecule has 134 valence electrons. The lowest BCUT2D eigenvalue weighted by Gasteiger charge is -2.12. The first-order chi connectivity index (χ1) is 11.5. The van der Waals surface area contributed by atoms with Crippen LogP contribution in [-0.4, -0.2) is 33.3 Å². The van der Waals surface area contributed by atoms with E-state index >= 15 is 0 Å². The van der Waals surface area contributed by atoms with Crippen molar-refractivity contribution in [2.75, 3.05) is 18.8 Å². The number of carbonyl (C=O) groups is 1. The van der Waals surface area contributed by atoms with Crippen molar-refractivity contribution < 1.29 is 26.4 Å². The molecule has 2 aromatic rings. The minimum absolute atomic E-state index is 0.190. The number of nitrogens with one attached hydrogen (secondary N) is 1. The summed E-state index contributed by atoms with van der Waals surface area (Å²) >= 11 is 0. The summed E-state index contributed by atoms with van der Waals surface area (Å²) in [5, 5.41) is 0. The molecule has 0 aliphatic rings. The Hall–Kier alpha value is -2.55. The molecule has 2 aromatic carbocycles. The fraction of sp³-hybridized carbons (Fsp3) is 0.188. The van der Waals surface area contributed by atoms with Gasteiger partial charge in [-0.1, -0.05) is 0 Å². The van der Waals surface area contributed by atoms with Crippen LogP contribution in [0.3, 0.4) is 0 Å². The lowest BCUT2D eigenvalue weighted by Crippen LogP contribution is -2.21. The first-order valence-electron chi connectivity index (χ1n) is 7.02. The summed E-state index contributed by atoms with van der Waals surface area (Å²) in [5.74, 6) is -0.239. The van der Waals surface area contributed by atoms with E-state index in [2.05, 4.69) is 4.72 Å². The SMILES string of the molecule is CN(C)C(=O)c1ccc(NS(=O)(=O)c2ccc(C(F)(F)F)cc2)cc1. The molecule has 0 saturated carbocycles. The van der Waals surface area contributed by atoms with Gasteiger partial charge in [0.1, 0.15) is 0 Å². The predicted molar refractivity (Wildman–Crippen MR) is 86.7 cm³/mol. The number of hydrogen-bond acceptors (Lipinski definition) is 3. The molecule has 0 bridgehead atoms. The van der Waals surface area contributed by atoms with Crippen LogP contribution in [0.2, 0.25) is 0 Å². The van der Waals surface area contributed by atoms with Gasteiger partial charge in [-0.2, -0.15) is 13.2 Å². The van der Waals surface area contributed by atoms with Gasteiger partial charge < -0.3 is 4.90 Å². The van der Waals surface area contributed by atoms with E-state index in [4.69, 9.17) is 0 Å². The van der Waals surface area contributed by atoms with E-state index in [1.807, 2.05) is 0 Å². The molecular formula is C16H15F3N2O3S. The van der Waals surface area contributed by atoms with E-state index < -0.39 is 21.8 Å². The summed E-state index contributed by atoms with van der Waals surface area (Å²) in [4.78, 5) is 12.8. The Balaban J connectivity index is 2.20. The van der Waals surface area contributed by atoms with Crippen molar-refractivity contribution in [3.63, 3.8) is 0 Å². The van der Waals surface area contributed by atoms with Gasteiger partial charge >= 0.3 is 6.18 Å². The maximum Gasteiger partial charge on any atom is 0.416 e. The lowest BCUT2D eigenvalue weighted by atomic mass is 10.2. The van der Waals surface area contributed by atoms with Crippen molar-refractivity contribution >= 4 is 21.6 Å². The van der Waals surface area contributed by atoms with E-state index in [0.29, 0.717) is 17.7 Å². The number of sulfonamides is 1. The maximum absolute atomic E-state index is 12.5. The molecule has 0 fully saturated rings. The number of amides is 1. The van der Waals surface area contributed by atoms with Gasteiger partial charge in [-0.15, -0.1) is 0 Å². The first kappa shape index (κ1) is 18.8. The Morgan fingerprint density at radius 2 is 1.48 bits per heavy atom. The summed E-state index contributed by atoms with van der Waals surface area (Å²) in [6.45, 7) is 0. The van der Waals surface area contributed by atoms with Crippen molar-refractivity contribution in [2.24, 2.45) is 0 Å². The minimum atomic E-state index is -4.54. The van der Waals surface area contributed by atoms with Crippen molar-refractivity contribution in [3.8, 4) is 0 Å². The predicted octanol–water partition coefficient (Wildman–Crippen LogP) is 3.21. The van der Waals surface area contributed by atoms with Gasteiger partial charge in [-0.05, 0) is 48.5 Å². The van der Waals surface area contributed by atoms with Crippen molar-refractivity contribution in [1.29, 1.82) is 0 Å². The number of hydrogen-bond donors (Lipinski definition) is 1. The zero-order chi connectivity index (χ0) is 18.8. The molecule has 25 heavy (non-hydrogen) atoms. The summed E-state index contributed by atoms with van der Waals surface area (Å²) in [6, 6.07) is 8.88. The highest BCUT2D eigenvalue weighted by atomic mass is 32.2. The fourth-order valence-corrected chi connectivity index (χ4v) is 3.03. The zero-order valence-corrected chi connectivity index (χ0v) is 14.1. The number of alkyl halides is 3. The van der Waals surface area contributed by atoms with Crippen molar-refractivity contribution in [2.45, 2.75) is 11.1 Å². The Bertz CT molecular complexity index is 859. The molecule has 2 rings (SSSR count). The van der Waals surface area contributed by atoms with Gasteiger partial charge in [0.15, 0.2) is 0 Å². The van der Waals surface area contributed by atoms with Gasteiger partial charge in [0.25, 0.3) is 15.9 Å². The second-order valence-electron chi connectivity index (χ2n) is 5.40. The molecule has 1 amide bonds. The largest absolute Gasteiger partial charge is 0.416 e. The summed E-state index contributed by atoms with van der Waals surface area (Å²) < 4.78 is 64.3. The van der Waals surface area contributed by atoms with Crippen LogP contribution in [0.1, 0.15) is 15.9 Å². The smallest absolute Gasteiger partial charge is 0.345 e. The molecule has 1 N–H and O–H groups in total. The Labute approximate surface area is 143 Å². The number of anilines is 1. The third-order valence-corrected chi connectivity index (χ3v) is 4.68. The minimum Gasteiger partial charge on any atom is -0.345 e. The van der Waals surface area contributed by atoms with Gasteiger partial charge in [0.2, 0.25) is 0 Å². The molecular weight excluding hydrogens is 357 g/mol. The van der Waals surface area contributed by atoms with Crippen LogP contribution in [0.5, 0.6) is 0 Å². The second kappa shape index (κ2) is 6.75. The van der Waals surface area contributed by atoms with Gasteiger partial charge in [0, 0.05) is 25.3 Å². The van der Waals surface area contributed by atoms with E-state index in [1.54, 1.807) is 14.1 Å².